The molecule has 2 aromatic rings. The third-order valence-electron chi connectivity index (χ3n) is 5.31. The van der Waals surface area contributed by atoms with E-state index in [1.165, 1.54) is 16.4 Å². The van der Waals surface area contributed by atoms with E-state index in [0.29, 0.717) is 25.2 Å². The van der Waals surface area contributed by atoms with Crippen LogP contribution in [-0.2, 0) is 10.0 Å². The van der Waals surface area contributed by atoms with E-state index >= 15 is 0 Å². The normalized spacial score (nSPS) is 16.8. The van der Waals surface area contributed by atoms with Gasteiger partial charge in [0.2, 0.25) is 10.0 Å². The number of hydrogen-bond acceptors (Lipinski definition) is 3. The van der Waals surface area contributed by atoms with E-state index in [-0.39, 0.29) is 21.7 Å². The van der Waals surface area contributed by atoms with Gasteiger partial charge in [0.1, 0.15) is 4.90 Å². The minimum absolute atomic E-state index is 0.00447. The zero-order chi connectivity index (χ0) is 20.9. The molecule has 0 bridgehead atoms. The van der Waals surface area contributed by atoms with Gasteiger partial charge in [0, 0.05) is 25.2 Å². The van der Waals surface area contributed by atoms with Gasteiger partial charge >= 0.3 is 0 Å². The second-order valence-corrected chi connectivity index (χ2v) is 9.80. The lowest BCUT2D eigenvalue weighted by Crippen LogP contribution is -2.32. The molecule has 3 rings (SSSR count). The summed E-state index contributed by atoms with van der Waals surface area (Å²) < 4.78 is 27.7. The van der Waals surface area contributed by atoms with Crippen LogP contribution in [0.4, 0.5) is 0 Å². The van der Waals surface area contributed by atoms with Gasteiger partial charge in [-0.15, -0.1) is 0 Å². The van der Waals surface area contributed by atoms with E-state index in [1.807, 2.05) is 37.3 Å². The van der Waals surface area contributed by atoms with E-state index < -0.39 is 10.0 Å². The number of benzene rings is 2. The predicted molar refractivity (Wildman–Crippen MR) is 116 cm³/mol. The molecular formula is C22H27ClN2O3S. The second kappa shape index (κ2) is 9.74. The summed E-state index contributed by atoms with van der Waals surface area (Å²) in [6.45, 7) is 3.47. The van der Waals surface area contributed by atoms with Crippen molar-refractivity contribution in [3.8, 4) is 0 Å². The van der Waals surface area contributed by atoms with Gasteiger partial charge in [-0.25, -0.2) is 8.42 Å². The molecule has 1 amide bonds. The van der Waals surface area contributed by atoms with Crippen LogP contribution < -0.4 is 5.32 Å². The summed E-state index contributed by atoms with van der Waals surface area (Å²) in [5.41, 5.74) is 1.43. The summed E-state index contributed by atoms with van der Waals surface area (Å²) >= 11 is 6.22. The molecule has 1 aliphatic rings. The summed E-state index contributed by atoms with van der Waals surface area (Å²) in [6.07, 6.45) is 3.74. The fourth-order valence-corrected chi connectivity index (χ4v) is 5.53. The minimum Gasteiger partial charge on any atom is -0.351 e. The van der Waals surface area contributed by atoms with Crippen molar-refractivity contribution in [2.75, 3.05) is 19.6 Å². The van der Waals surface area contributed by atoms with Gasteiger partial charge in [-0.2, -0.15) is 4.31 Å². The van der Waals surface area contributed by atoms with Gasteiger partial charge in [0.05, 0.1) is 5.02 Å². The summed E-state index contributed by atoms with van der Waals surface area (Å²) in [6, 6.07) is 14.4. The molecule has 0 saturated carbocycles. The van der Waals surface area contributed by atoms with Crippen LogP contribution in [-0.4, -0.2) is 38.3 Å². The monoisotopic (exact) mass is 434 g/mol. The van der Waals surface area contributed by atoms with Crippen molar-refractivity contribution in [2.45, 2.75) is 43.4 Å². The van der Waals surface area contributed by atoms with E-state index in [2.05, 4.69) is 5.32 Å². The Kier molecular flexibility index (Phi) is 7.33. The summed E-state index contributed by atoms with van der Waals surface area (Å²) in [4.78, 5) is 12.6. The number of carbonyl (C=O) groups is 1. The van der Waals surface area contributed by atoms with Crippen LogP contribution in [0, 0.1) is 0 Å². The number of nitrogens with one attached hydrogen (secondary N) is 1. The van der Waals surface area contributed by atoms with Crippen molar-refractivity contribution in [3.05, 3.63) is 64.7 Å². The maximum Gasteiger partial charge on any atom is 0.251 e. The smallest absolute Gasteiger partial charge is 0.251 e. The lowest BCUT2D eigenvalue weighted by molar-refractivity contribution is 0.0951. The van der Waals surface area contributed by atoms with Crippen molar-refractivity contribution in [3.63, 3.8) is 0 Å². The van der Waals surface area contributed by atoms with E-state index in [9.17, 15) is 13.2 Å². The van der Waals surface area contributed by atoms with Crippen LogP contribution in [0.2, 0.25) is 5.02 Å². The highest BCUT2D eigenvalue weighted by Gasteiger charge is 2.28. The van der Waals surface area contributed by atoms with Crippen molar-refractivity contribution in [1.82, 2.24) is 9.62 Å². The average molecular weight is 435 g/mol. The first kappa shape index (κ1) is 21.8. The molecule has 156 valence electrons. The Bertz CT molecular complexity index is 940. The van der Waals surface area contributed by atoms with Gasteiger partial charge in [-0.3, -0.25) is 4.79 Å². The zero-order valence-corrected chi connectivity index (χ0v) is 18.2. The lowest BCUT2D eigenvalue weighted by Gasteiger charge is -2.21. The number of halogens is 1. The molecule has 1 aliphatic heterocycles. The maximum atomic E-state index is 13.1. The Balaban J connectivity index is 1.75. The third-order valence-corrected chi connectivity index (χ3v) is 7.69. The summed E-state index contributed by atoms with van der Waals surface area (Å²) in [5, 5.41) is 3.04. The summed E-state index contributed by atoms with van der Waals surface area (Å²) in [5.74, 6) is -0.162. The van der Waals surface area contributed by atoms with Crippen molar-refractivity contribution in [2.24, 2.45) is 0 Å². The number of carbonyl (C=O) groups excluding carboxylic acids is 1. The molecule has 0 unspecified atom stereocenters. The Morgan fingerprint density at radius 2 is 1.72 bits per heavy atom. The van der Waals surface area contributed by atoms with Crippen molar-refractivity contribution >= 4 is 27.5 Å². The molecule has 0 spiro atoms. The number of rotatable bonds is 6. The maximum absolute atomic E-state index is 13.1. The largest absolute Gasteiger partial charge is 0.351 e. The highest BCUT2D eigenvalue weighted by atomic mass is 35.5. The molecule has 2 aromatic carbocycles. The van der Waals surface area contributed by atoms with Gasteiger partial charge in [0.25, 0.3) is 5.91 Å². The van der Waals surface area contributed by atoms with Crippen LogP contribution in [0.5, 0.6) is 0 Å². The van der Waals surface area contributed by atoms with Gasteiger partial charge < -0.3 is 5.32 Å². The average Bonchev–Trinajstić information content (AvgIpc) is 3.03. The number of amides is 1. The van der Waals surface area contributed by atoms with E-state index in [0.717, 1.165) is 31.2 Å². The molecule has 1 fully saturated rings. The van der Waals surface area contributed by atoms with E-state index in [1.54, 1.807) is 6.07 Å². The van der Waals surface area contributed by atoms with Crippen molar-refractivity contribution < 1.29 is 13.2 Å². The van der Waals surface area contributed by atoms with Crippen LogP contribution >= 0.6 is 11.6 Å². The molecule has 1 atom stereocenters. The predicted octanol–water partition coefficient (Wildman–Crippen LogP) is 4.44. The highest BCUT2D eigenvalue weighted by Crippen LogP contribution is 2.27. The van der Waals surface area contributed by atoms with E-state index in [4.69, 9.17) is 11.6 Å². The van der Waals surface area contributed by atoms with Crippen molar-refractivity contribution in [1.29, 1.82) is 0 Å². The Hall–Kier alpha value is -1.89. The molecule has 0 radical (unpaired) electrons. The lowest BCUT2D eigenvalue weighted by atomic mass is 10.0. The van der Waals surface area contributed by atoms with Gasteiger partial charge in [-0.05, 0) is 42.5 Å². The Morgan fingerprint density at radius 1 is 1.07 bits per heavy atom. The van der Waals surface area contributed by atoms with Crippen LogP contribution in [0.1, 0.15) is 54.4 Å². The zero-order valence-electron chi connectivity index (χ0n) is 16.6. The Morgan fingerprint density at radius 3 is 2.38 bits per heavy atom. The fourth-order valence-electron chi connectivity index (χ4n) is 3.51. The Labute approximate surface area is 178 Å². The van der Waals surface area contributed by atoms with Gasteiger partial charge in [-0.1, -0.05) is 61.7 Å². The first-order valence-electron chi connectivity index (χ1n) is 10.0. The topological polar surface area (TPSA) is 66.5 Å². The molecule has 29 heavy (non-hydrogen) atoms. The third kappa shape index (κ3) is 5.38. The molecule has 1 N–H and O–H groups in total. The molecule has 0 aromatic heterocycles. The first-order chi connectivity index (χ1) is 13.9. The second-order valence-electron chi connectivity index (χ2n) is 7.49. The molecule has 1 heterocycles. The standard InChI is InChI=1S/C22H27ClN2O3S/c1-17(18-9-5-4-6-10-18)16-24-22(26)19-11-12-20(23)21(15-19)29(27,28)25-13-7-2-3-8-14-25/h4-6,9-12,15,17H,2-3,7-8,13-14,16H2,1H3,(H,24,26)/t17-/m1/s1. The SMILES string of the molecule is C[C@H](CNC(=O)c1ccc(Cl)c(S(=O)(=O)N2CCCCCC2)c1)c1ccccc1. The first-order valence-corrected chi connectivity index (χ1v) is 11.8. The van der Waals surface area contributed by atoms with Crippen LogP contribution in [0.15, 0.2) is 53.4 Å². The number of sulfonamides is 1. The number of hydrogen-bond donors (Lipinski definition) is 1. The molecule has 0 aliphatic carbocycles. The number of nitrogens with zero attached hydrogens (tertiary/aromatic N) is 1. The molecular weight excluding hydrogens is 408 g/mol. The quantitative estimate of drug-likeness (QED) is 0.730. The fraction of sp³-hybridized carbons (Fsp3) is 0.409. The van der Waals surface area contributed by atoms with Crippen LogP contribution in [0.3, 0.4) is 0 Å². The minimum atomic E-state index is -3.72. The molecule has 5 nitrogen and oxygen atoms in total. The highest BCUT2D eigenvalue weighted by molar-refractivity contribution is 7.89. The summed E-state index contributed by atoms with van der Waals surface area (Å²) in [7, 11) is -3.72. The van der Waals surface area contributed by atoms with Crippen LogP contribution in [0.25, 0.3) is 0 Å². The molecule has 7 heteroatoms. The molecule has 1 saturated heterocycles. The van der Waals surface area contributed by atoms with Gasteiger partial charge in [0.15, 0.2) is 0 Å².